The van der Waals surface area contributed by atoms with Gasteiger partial charge in [0, 0.05) is 37.6 Å². The van der Waals surface area contributed by atoms with E-state index in [0.717, 1.165) is 25.3 Å². The van der Waals surface area contributed by atoms with Gasteiger partial charge in [0.1, 0.15) is 0 Å². The zero-order valence-electron chi connectivity index (χ0n) is 15.7. The van der Waals surface area contributed by atoms with E-state index >= 15 is 0 Å². The smallest absolute Gasteiger partial charge is 0.0606 e. The van der Waals surface area contributed by atoms with Gasteiger partial charge in [-0.1, -0.05) is 36.4 Å². The Morgan fingerprint density at radius 2 is 1.08 bits per heavy atom. The first-order valence-corrected chi connectivity index (χ1v) is 9.20. The Morgan fingerprint density at radius 1 is 0.680 bits per heavy atom. The Kier molecular flexibility index (Phi) is 7.55. The van der Waals surface area contributed by atoms with E-state index < -0.39 is 0 Å². The fourth-order valence-electron chi connectivity index (χ4n) is 2.96. The minimum absolute atomic E-state index is 0.180. The Morgan fingerprint density at radius 3 is 1.44 bits per heavy atom. The lowest BCUT2D eigenvalue weighted by atomic mass is 10.1. The largest absolute Gasteiger partial charge is 0.395 e. The standard InChI is InChI=1S/C22H30N2O/c1-4-23(5-2)21-13-9-19(10-14-21)7-8-20-11-15-22(16-12-20)24(6-3)17-18-25/h7-16,25H,4-6,17-18H2,1-3H3/b8-7+. The molecule has 0 aliphatic heterocycles. The van der Waals surface area contributed by atoms with Crippen LogP contribution in [-0.4, -0.2) is 37.9 Å². The number of nitrogens with zero attached hydrogens (tertiary/aromatic N) is 2. The highest BCUT2D eigenvalue weighted by Gasteiger charge is 2.03. The summed E-state index contributed by atoms with van der Waals surface area (Å²) in [5.74, 6) is 0. The van der Waals surface area contributed by atoms with Gasteiger partial charge >= 0.3 is 0 Å². The first-order valence-electron chi connectivity index (χ1n) is 9.20. The van der Waals surface area contributed by atoms with Crippen LogP contribution in [0.3, 0.4) is 0 Å². The zero-order valence-corrected chi connectivity index (χ0v) is 15.7. The summed E-state index contributed by atoms with van der Waals surface area (Å²) < 4.78 is 0. The summed E-state index contributed by atoms with van der Waals surface area (Å²) in [4.78, 5) is 4.51. The molecule has 0 radical (unpaired) electrons. The maximum absolute atomic E-state index is 9.12. The number of rotatable bonds is 9. The molecule has 0 saturated carbocycles. The summed E-state index contributed by atoms with van der Waals surface area (Å²) in [6.07, 6.45) is 4.28. The molecule has 3 nitrogen and oxygen atoms in total. The summed E-state index contributed by atoms with van der Waals surface area (Å²) in [7, 11) is 0. The summed E-state index contributed by atoms with van der Waals surface area (Å²) in [5, 5.41) is 9.12. The molecule has 0 aromatic heterocycles. The van der Waals surface area contributed by atoms with Crippen LogP contribution in [0.4, 0.5) is 11.4 Å². The van der Waals surface area contributed by atoms with Gasteiger partial charge in [0.25, 0.3) is 0 Å². The van der Waals surface area contributed by atoms with Crippen LogP contribution in [0.15, 0.2) is 48.5 Å². The quantitative estimate of drug-likeness (QED) is 0.681. The van der Waals surface area contributed by atoms with E-state index in [4.69, 9.17) is 5.11 Å². The Hall–Kier alpha value is -2.26. The van der Waals surface area contributed by atoms with Crippen LogP contribution in [0.5, 0.6) is 0 Å². The molecule has 0 bridgehead atoms. The monoisotopic (exact) mass is 338 g/mol. The molecule has 1 N–H and O–H groups in total. The van der Waals surface area contributed by atoms with Crippen molar-refractivity contribution in [3.05, 3.63) is 59.7 Å². The molecule has 0 heterocycles. The van der Waals surface area contributed by atoms with Gasteiger partial charge in [-0.25, -0.2) is 0 Å². The van der Waals surface area contributed by atoms with Crippen molar-refractivity contribution < 1.29 is 5.11 Å². The number of likely N-dealkylation sites (N-methyl/N-ethyl adjacent to an activating group) is 1. The van der Waals surface area contributed by atoms with E-state index in [1.165, 1.54) is 16.8 Å². The number of benzene rings is 2. The summed E-state index contributed by atoms with van der Waals surface area (Å²) in [5.41, 5.74) is 4.80. The van der Waals surface area contributed by atoms with Crippen LogP contribution in [0, 0.1) is 0 Å². The van der Waals surface area contributed by atoms with Crippen molar-refractivity contribution >= 4 is 23.5 Å². The fraction of sp³-hybridized carbons (Fsp3) is 0.364. The third-order valence-electron chi connectivity index (χ3n) is 4.50. The average molecular weight is 338 g/mol. The van der Waals surface area contributed by atoms with Crippen molar-refractivity contribution in [2.75, 3.05) is 42.6 Å². The van der Waals surface area contributed by atoms with Crippen LogP contribution < -0.4 is 9.80 Å². The molecule has 0 unspecified atom stereocenters. The van der Waals surface area contributed by atoms with Crippen molar-refractivity contribution in [2.45, 2.75) is 20.8 Å². The number of anilines is 2. The average Bonchev–Trinajstić information content (AvgIpc) is 2.67. The van der Waals surface area contributed by atoms with Gasteiger partial charge < -0.3 is 14.9 Å². The molecular formula is C22H30N2O. The van der Waals surface area contributed by atoms with Crippen molar-refractivity contribution in [3.63, 3.8) is 0 Å². The van der Waals surface area contributed by atoms with Gasteiger partial charge in [0.2, 0.25) is 0 Å². The van der Waals surface area contributed by atoms with E-state index in [1.807, 2.05) is 0 Å². The first kappa shape index (κ1) is 19.1. The molecule has 2 aromatic rings. The van der Waals surface area contributed by atoms with Gasteiger partial charge in [-0.3, -0.25) is 0 Å². The molecule has 2 aromatic carbocycles. The molecule has 2 rings (SSSR count). The van der Waals surface area contributed by atoms with E-state index in [-0.39, 0.29) is 6.61 Å². The summed E-state index contributed by atoms with van der Waals surface area (Å²) >= 11 is 0. The molecule has 0 atom stereocenters. The molecular weight excluding hydrogens is 308 g/mol. The summed E-state index contributed by atoms with van der Waals surface area (Å²) in [6.45, 7) is 10.3. The Balaban J connectivity index is 2.04. The Bertz CT molecular complexity index is 643. The number of aliphatic hydroxyl groups is 1. The van der Waals surface area contributed by atoms with Crippen LogP contribution in [0.25, 0.3) is 12.2 Å². The number of hydrogen-bond donors (Lipinski definition) is 1. The second-order valence-corrected chi connectivity index (χ2v) is 5.99. The second kappa shape index (κ2) is 9.90. The predicted molar refractivity (Wildman–Crippen MR) is 110 cm³/mol. The lowest BCUT2D eigenvalue weighted by molar-refractivity contribution is 0.302. The topological polar surface area (TPSA) is 26.7 Å². The molecule has 25 heavy (non-hydrogen) atoms. The summed E-state index contributed by atoms with van der Waals surface area (Å²) in [6, 6.07) is 17.2. The molecule has 0 amide bonds. The van der Waals surface area contributed by atoms with E-state index in [2.05, 4.69) is 91.3 Å². The van der Waals surface area contributed by atoms with Crippen LogP contribution in [0.2, 0.25) is 0 Å². The molecule has 0 aliphatic carbocycles. The lowest BCUT2D eigenvalue weighted by Gasteiger charge is -2.21. The third kappa shape index (κ3) is 5.36. The zero-order chi connectivity index (χ0) is 18.1. The third-order valence-corrected chi connectivity index (χ3v) is 4.50. The molecule has 0 spiro atoms. The van der Waals surface area contributed by atoms with Crippen molar-refractivity contribution in [1.82, 2.24) is 0 Å². The fourth-order valence-corrected chi connectivity index (χ4v) is 2.96. The van der Waals surface area contributed by atoms with Crippen LogP contribution in [0.1, 0.15) is 31.9 Å². The SMILES string of the molecule is CCN(CC)c1ccc(/C=C/c2ccc(N(CC)CCO)cc2)cc1. The highest BCUT2D eigenvalue weighted by molar-refractivity contribution is 5.71. The highest BCUT2D eigenvalue weighted by Crippen LogP contribution is 2.18. The van der Waals surface area contributed by atoms with Gasteiger partial charge in [0.05, 0.1) is 6.61 Å². The Labute approximate surface area is 152 Å². The number of aliphatic hydroxyl groups excluding tert-OH is 1. The van der Waals surface area contributed by atoms with Crippen molar-refractivity contribution in [1.29, 1.82) is 0 Å². The van der Waals surface area contributed by atoms with Crippen LogP contribution >= 0.6 is 0 Å². The molecule has 0 aliphatic rings. The van der Waals surface area contributed by atoms with Crippen molar-refractivity contribution in [3.8, 4) is 0 Å². The second-order valence-electron chi connectivity index (χ2n) is 5.99. The van der Waals surface area contributed by atoms with E-state index in [9.17, 15) is 0 Å². The molecule has 0 saturated heterocycles. The lowest BCUT2D eigenvalue weighted by Crippen LogP contribution is -2.25. The molecule has 134 valence electrons. The van der Waals surface area contributed by atoms with Gasteiger partial charge in [-0.15, -0.1) is 0 Å². The highest BCUT2D eigenvalue weighted by atomic mass is 16.3. The first-order chi connectivity index (χ1) is 12.2. The number of hydrogen-bond acceptors (Lipinski definition) is 3. The van der Waals surface area contributed by atoms with Gasteiger partial charge in [-0.05, 0) is 56.2 Å². The van der Waals surface area contributed by atoms with E-state index in [0.29, 0.717) is 6.54 Å². The normalized spacial score (nSPS) is 11.0. The van der Waals surface area contributed by atoms with Gasteiger partial charge in [-0.2, -0.15) is 0 Å². The molecule has 3 heteroatoms. The maximum atomic E-state index is 9.12. The van der Waals surface area contributed by atoms with Crippen LogP contribution in [-0.2, 0) is 0 Å². The van der Waals surface area contributed by atoms with Gasteiger partial charge in [0.15, 0.2) is 0 Å². The molecule has 0 fully saturated rings. The minimum atomic E-state index is 0.180. The van der Waals surface area contributed by atoms with E-state index in [1.54, 1.807) is 0 Å². The maximum Gasteiger partial charge on any atom is 0.0606 e. The van der Waals surface area contributed by atoms with Crippen molar-refractivity contribution in [2.24, 2.45) is 0 Å². The minimum Gasteiger partial charge on any atom is -0.395 e. The predicted octanol–water partition coefficient (Wildman–Crippen LogP) is 4.52.